The number of rotatable bonds is 4. The summed E-state index contributed by atoms with van der Waals surface area (Å²) in [5.41, 5.74) is 3.05. The molecule has 0 fully saturated rings. The van der Waals surface area contributed by atoms with Crippen molar-refractivity contribution in [2.24, 2.45) is 0 Å². The summed E-state index contributed by atoms with van der Waals surface area (Å²) in [6, 6.07) is 5.43. The van der Waals surface area contributed by atoms with Crippen molar-refractivity contribution in [3.8, 4) is 11.5 Å². The van der Waals surface area contributed by atoms with Crippen LogP contribution < -0.4 is 0 Å². The van der Waals surface area contributed by atoms with E-state index in [9.17, 15) is 4.79 Å². The van der Waals surface area contributed by atoms with Gasteiger partial charge in [0.2, 0.25) is 0 Å². The fourth-order valence-electron chi connectivity index (χ4n) is 3.20. The molecule has 0 aliphatic heterocycles. The van der Waals surface area contributed by atoms with Crippen LogP contribution in [0.3, 0.4) is 0 Å². The summed E-state index contributed by atoms with van der Waals surface area (Å²) in [7, 11) is 1.75. The SMILES string of the molecule is Cc1ccc(-c2cc(C(=O)N(C)Cc3noc4c3CCCC4)n[nH]2)o1. The number of furan rings is 1. The average molecular weight is 340 g/mol. The fraction of sp³-hybridized carbons (Fsp3) is 0.389. The van der Waals surface area contributed by atoms with Crippen LogP contribution in [-0.4, -0.2) is 33.2 Å². The van der Waals surface area contributed by atoms with Crippen molar-refractivity contribution >= 4 is 5.91 Å². The van der Waals surface area contributed by atoms with Crippen LogP contribution in [0.4, 0.5) is 0 Å². The Balaban J connectivity index is 1.49. The highest BCUT2D eigenvalue weighted by Crippen LogP contribution is 2.25. The maximum absolute atomic E-state index is 12.6. The highest BCUT2D eigenvalue weighted by molar-refractivity contribution is 5.93. The van der Waals surface area contributed by atoms with Gasteiger partial charge in [-0.15, -0.1) is 0 Å². The molecule has 3 heterocycles. The molecule has 0 unspecified atom stereocenters. The summed E-state index contributed by atoms with van der Waals surface area (Å²) in [6.07, 6.45) is 4.19. The summed E-state index contributed by atoms with van der Waals surface area (Å²) in [6.45, 7) is 2.29. The molecule has 130 valence electrons. The van der Waals surface area contributed by atoms with E-state index in [2.05, 4.69) is 15.4 Å². The molecule has 0 saturated heterocycles. The van der Waals surface area contributed by atoms with Crippen molar-refractivity contribution in [2.45, 2.75) is 39.2 Å². The van der Waals surface area contributed by atoms with Crippen molar-refractivity contribution < 1.29 is 13.7 Å². The minimum Gasteiger partial charge on any atom is -0.460 e. The number of aromatic nitrogens is 3. The van der Waals surface area contributed by atoms with Crippen molar-refractivity contribution in [1.29, 1.82) is 0 Å². The molecule has 1 aliphatic rings. The van der Waals surface area contributed by atoms with E-state index in [1.807, 2.05) is 19.1 Å². The molecular weight excluding hydrogens is 320 g/mol. The van der Waals surface area contributed by atoms with E-state index in [4.69, 9.17) is 8.94 Å². The van der Waals surface area contributed by atoms with Gasteiger partial charge in [0, 0.05) is 25.1 Å². The number of hydrogen-bond donors (Lipinski definition) is 1. The van der Waals surface area contributed by atoms with Gasteiger partial charge in [-0.2, -0.15) is 5.10 Å². The molecule has 3 aromatic heterocycles. The van der Waals surface area contributed by atoms with Crippen LogP contribution in [0.5, 0.6) is 0 Å². The van der Waals surface area contributed by atoms with Gasteiger partial charge >= 0.3 is 0 Å². The van der Waals surface area contributed by atoms with E-state index < -0.39 is 0 Å². The zero-order valence-electron chi connectivity index (χ0n) is 14.3. The van der Waals surface area contributed by atoms with E-state index in [0.717, 1.165) is 42.9 Å². The van der Waals surface area contributed by atoms with Gasteiger partial charge in [0.05, 0.1) is 6.54 Å². The van der Waals surface area contributed by atoms with Gasteiger partial charge in [-0.25, -0.2) is 0 Å². The second-order valence-electron chi connectivity index (χ2n) is 6.48. The molecule has 0 radical (unpaired) electrons. The number of carbonyl (C=O) groups excluding carboxylic acids is 1. The lowest BCUT2D eigenvalue weighted by atomic mass is 9.96. The lowest BCUT2D eigenvalue weighted by Gasteiger charge is -2.16. The molecular formula is C18H20N4O3. The minimum atomic E-state index is -0.168. The van der Waals surface area contributed by atoms with Gasteiger partial charge in [0.1, 0.15) is 22.9 Å². The lowest BCUT2D eigenvalue weighted by Crippen LogP contribution is -2.27. The maximum Gasteiger partial charge on any atom is 0.274 e. The number of aryl methyl sites for hydroxylation is 2. The first-order chi connectivity index (χ1) is 12.1. The second kappa shape index (κ2) is 6.23. The standard InChI is InChI=1S/C18H20N4O3/c1-11-7-8-17(24-11)13-9-14(20-19-13)18(23)22(2)10-15-12-5-3-4-6-16(12)25-21-15/h7-9H,3-6,10H2,1-2H3,(H,19,20). The molecule has 7 nitrogen and oxygen atoms in total. The largest absolute Gasteiger partial charge is 0.460 e. The van der Waals surface area contributed by atoms with Crippen LogP contribution in [0.25, 0.3) is 11.5 Å². The van der Waals surface area contributed by atoms with Gasteiger partial charge in [0.25, 0.3) is 5.91 Å². The lowest BCUT2D eigenvalue weighted by molar-refractivity contribution is 0.0776. The van der Waals surface area contributed by atoms with E-state index in [1.165, 1.54) is 5.56 Å². The molecule has 0 atom stereocenters. The fourth-order valence-corrected chi connectivity index (χ4v) is 3.20. The predicted octanol–water partition coefficient (Wildman–Crippen LogP) is 3.12. The molecule has 0 spiro atoms. The third-order valence-electron chi connectivity index (χ3n) is 4.57. The van der Waals surface area contributed by atoms with Crippen molar-refractivity contribution in [3.63, 3.8) is 0 Å². The molecule has 1 aliphatic carbocycles. The molecule has 7 heteroatoms. The van der Waals surface area contributed by atoms with Crippen LogP contribution in [0.15, 0.2) is 27.1 Å². The third kappa shape index (κ3) is 2.97. The number of carbonyl (C=O) groups is 1. The number of nitrogens with one attached hydrogen (secondary N) is 1. The number of aromatic amines is 1. The van der Waals surface area contributed by atoms with E-state index >= 15 is 0 Å². The highest BCUT2D eigenvalue weighted by Gasteiger charge is 2.23. The number of hydrogen-bond acceptors (Lipinski definition) is 5. The van der Waals surface area contributed by atoms with E-state index in [0.29, 0.717) is 23.7 Å². The molecule has 25 heavy (non-hydrogen) atoms. The number of fused-ring (bicyclic) bond motifs is 1. The summed E-state index contributed by atoms with van der Waals surface area (Å²) in [5, 5.41) is 11.1. The Morgan fingerprint density at radius 2 is 2.16 bits per heavy atom. The topological polar surface area (TPSA) is 88.2 Å². The molecule has 0 bridgehead atoms. The quantitative estimate of drug-likeness (QED) is 0.788. The zero-order chi connectivity index (χ0) is 17.4. The van der Waals surface area contributed by atoms with Gasteiger partial charge in [0.15, 0.2) is 11.5 Å². The number of nitrogens with zero attached hydrogens (tertiary/aromatic N) is 3. The molecule has 1 amide bonds. The van der Waals surface area contributed by atoms with Crippen LogP contribution >= 0.6 is 0 Å². The second-order valence-corrected chi connectivity index (χ2v) is 6.48. The van der Waals surface area contributed by atoms with Crippen LogP contribution in [-0.2, 0) is 19.4 Å². The normalized spacial score (nSPS) is 13.7. The smallest absolute Gasteiger partial charge is 0.274 e. The molecule has 3 aromatic rings. The van der Waals surface area contributed by atoms with Gasteiger partial charge in [-0.3, -0.25) is 9.89 Å². The Hall–Kier alpha value is -2.83. The Labute approximate surface area is 145 Å². The Bertz CT molecular complexity index is 905. The predicted molar refractivity (Wildman–Crippen MR) is 90.0 cm³/mol. The third-order valence-corrected chi connectivity index (χ3v) is 4.57. The van der Waals surface area contributed by atoms with Crippen LogP contribution in [0, 0.1) is 6.92 Å². The van der Waals surface area contributed by atoms with Crippen LogP contribution in [0.1, 0.15) is 46.1 Å². The Morgan fingerprint density at radius 1 is 1.32 bits per heavy atom. The van der Waals surface area contributed by atoms with Gasteiger partial charge in [-0.05, 0) is 38.3 Å². The maximum atomic E-state index is 12.6. The highest BCUT2D eigenvalue weighted by atomic mass is 16.5. The summed E-state index contributed by atoms with van der Waals surface area (Å²) >= 11 is 0. The van der Waals surface area contributed by atoms with Gasteiger partial charge in [-0.1, -0.05) is 5.16 Å². The summed E-state index contributed by atoms with van der Waals surface area (Å²) < 4.78 is 11.0. The first kappa shape index (κ1) is 15.7. The van der Waals surface area contributed by atoms with Crippen molar-refractivity contribution in [3.05, 3.63) is 46.7 Å². The molecule has 0 aromatic carbocycles. The Kier molecular flexibility index (Phi) is 3.91. The van der Waals surface area contributed by atoms with Crippen LogP contribution in [0.2, 0.25) is 0 Å². The van der Waals surface area contributed by atoms with E-state index in [-0.39, 0.29) is 5.91 Å². The molecule has 4 rings (SSSR count). The van der Waals surface area contributed by atoms with E-state index in [1.54, 1.807) is 18.0 Å². The Morgan fingerprint density at radius 3 is 2.96 bits per heavy atom. The number of amides is 1. The molecule has 1 N–H and O–H groups in total. The first-order valence-corrected chi connectivity index (χ1v) is 8.46. The average Bonchev–Trinajstić information content (AvgIpc) is 3.34. The molecule has 0 saturated carbocycles. The minimum absolute atomic E-state index is 0.168. The number of H-pyrrole nitrogens is 1. The van der Waals surface area contributed by atoms with Gasteiger partial charge < -0.3 is 13.8 Å². The summed E-state index contributed by atoms with van der Waals surface area (Å²) in [5.74, 6) is 2.28. The monoisotopic (exact) mass is 340 g/mol. The zero-order valence-corrected chi connectivity index (χ0v) is 14.3. The summed E-state index contributed by atoms with van der Waals surface area (Å²) in [4.78, 5) is 14.3. The van der Waals surface area contributed by atoms with Crippen molar-refractivity contribution in [1.82, 2.24) is 20.3 Å². The first-order valence-electron chi connectivity index (χ1n) is 8.46. The van der Waals surface area contributed by atoms with Crippen molar-refractivity contribution in [2.75, 3.05) is 7.05 Å².